The van der Waals surface area contributed by atoms with Gasteiger partial charge in [-0.1, -0.05) is 121 Å². The Morgan fingerprint density at radius 3 is 2.04 bits per heavy atom. The first-order chi connectivity index (χ1) is 23.9. The second-order valence-electron chi connectivity index (χ2n) is 12.8. The lowest BCUT2D eigenvalue weighted by Gasteiger charge is -2.18. The van der Waals surface area contributed by atoms with Crippen LogP contribution in [0.3, 0.4) is 0 Å². The fourth-order valence-corrected chi connectivity index (χ4v) is 8.34. The van der Waals surface area contributed by atoms with Crippen molar-refractivity contribution in [1.29, 1.82) is 0 Å². The van der Waals surface area contributed by atoms with Crippen LogP contribution >= 0.6 is 0 Å². The first kappa shape index (κ1) is 26.0. The van der Waals surface area contributed by atoms with Gasteiger partial charge in [0.05, 0.1) is 22.2 Å². The van der Waals surface area contributed by atoms with Crippen LogP contribution in [-0.4, -0.2) is 25.0 Å². The molecule has 1 N–H and O–H groups in total. The summed E-state index contributed by atoms with van der Waals surface area (Å²) in [6.45, 7) is 0.769. The summed E-state index contributed by atoms with van der Waals surface area (Å²) in [6.07, 6.45) is 4.17. The van der Waals surface area contributed by atoms with Crippen molar-refractivity contribution in [3.63, 3.8) is 0 Å². The zero-order valence-corrected chi connectivity index (χ0v) is 26.0. The van der Waals surface area contributed by atoms with E-state index in [1.165, 1.54) is 66.0 Å². The average Bonchev–Trinajstić information content (AvgIpc) is 3.42. The highest BCUT2D eigenvalue weighted by Crippen LogP contribution is 2.55. The number of benzene rings is 6. The van der Waals surface area contributed by atoms with Crippen molar-refractivity contribution in [3.05, 3.63) is 168 Å². The molecule has 6 nitrogen and oxygen atoms in total. The van der Waals surface area contributed by atoms with Crippen LogP contribution in [0.15, 0.2) is 151 Å². The topological polar surface area (TPSA) is 40.3 Å². The Morgan fingerprint density at radius 1 is 0.625 bits per heavy atom. The average molecular weight is 619 g/mol. The Bertz CT molecular complexity index is 2630. The van der Waals surface area contributed by atoms with Gasteiger partial charge in [0.1, 0.15) is 6.17 Å². The minimum atomic E-state index is -0.251. The minimum Gasteiger partial charge on any atom is -0.387 e. The van der Waals surface area contributed by atoms with E-state index in [1.54, 1.807) is 0 Å². The van der Waals surface area contributed by atoms with Gasteiger partial charge in [-0.2, -0.15) is 0 Å². The Morgan fingerprint density at radius 2 is 1.27 bits per heavy atom. The molecule has 11 rings (SSSR count). The summed E-state index contributed by atoms with van der Waals surface area (Å²) in [6, 6.07) is 50.1. The summed E-state index contributed by atoms with van der Waals surface area (Å²) < 4.78 is 4.98. The van der Waals surface area contributed by atoms with Crippen LogP contribution in [0.25, 0.3) is 55.2 Å². The van der Waals surface area contributed by atoms with Gasteiger partial charge in [-0.25, -0.2) is 4.99 Å². The Hall–Kier alpha value is -6.11. The number of hydrogen-bond donors (Lipinski definition) is 1. The Balaban J connectivity index is 1.28. The lowest BCUT2D eigenvalue weighted by Crippen LogP contribution is -2.14. The molecule has 0 spiro atoms. The monoisotopic (exact) mass is 618 g/mol. The summed E-state index contributed by atoms with van der Waals surface area (Å²) in [5.41, 5.74) is 9.79. The van der Waals surface area contributed by atoms with E-state index in [2.05, 4.69) is 176 Å². The molecule has 0 bridgehead atoms. The summed E-state index contributed by atoms with van der Waals surface area (Å²) in [5, 5.41) is 14.7. The molecule has 0 amide bonds. The largest absolute Gasteiger partial charge is 0.387 e. The van der Waals surface area contributed by atoms with Gasteiger partial charge in [-0.05, 0) is 36.0 Å². The molecule has 2 unspecified atom stereocenters. The molecule has 48 heavy (non-hydrogen) atoms. The van der Waals surface area contributed by atoms with E-state index in [1.807, 2.05) is 0 Å². The molecule has 0 saturated carbocycles. The van der Waals surface area contributed by atoms with Crippen molar-refractivity contribution in [1.82, 2.24) is 24.5 Å². The van der Waals surface area contributed by atoms with Crippen LogP contribution in [0.5, 0.6) is 0 Å². The smallest absolute Gasteiger partial charge is 0.204 e. The molecule has 6 aromatic carbocycles. The Labute approximate surface area is 277 Å². The maximum absolute atomic E-state index is 5.54. The van der Waals surface area contributed by atoms with Crippen LogP contribution in [0, 0.1) is 0 Å². The van der Waals surface area contributed by atoms with Gasteiger partial charge >= 0.3 is 0 Å². The lowest BCUT2D eigenvalue weighted by atomic mass is 9.98. The van der Waals surface area contributed by atoms with Crippen molar-refractivity contribution in [2.45, 2.75) is 19.0 Å². The van der Waals surface area contributed by atoms with Gasteiger partial charge in [0.15, 0.2) is 5.84 Å². The number of para-hydroxylation sites is 2. The van der Waals surface area contributed by atoms with Crippen molar-refractivity contribution >= 4 is 55.4 Å². The quantitative estimate of drug-likeness (QED) is 0.200. The fourth-order valence-electron chi connectivity index (χ4n) is 8.34. The van der Waals surface area contributed by atoms with Gasteiger partial charge in [-0.3, -0.25) is 5.01 Å². The standard InChI is InChI=1S/C42H30N6/c1-4-14-27(15-5-1)40-44-42(48-41(47(40)48)28-16-6-2-7-17-28)46-34-23-13-12-22-32(34)36-37-33-26-43-25-24-35(33)45(29-18-8-3-9-19-29)38(37)30-20-10-11-21-31(30)39(36)46/h1-25,41-43H,26H2/t41?,42?,47?,48-/m1/s1. The van der Waals surface area contributed by atoms with Crippen LogP contribution in [-0.2, 0) is 6.54 Å². The number of nitrogens with one attached hydrogen (secondary N) is 1. The third-order valence-corrected chi connectivity index (χ3v) is 10.3. The molecule has 228 valence electrons. The maximum Gasteiger partial charge on any atom is 0.204 e. The predicted octanol–water partition coefficient (Wildman–Crippen LogP) is 9.11. The van der Waals surface area contributed by atoms with Crippen LogP contribution in [0.4, 0.5) is 0 Å². The molecule has 0 radical (unpaired) electrons. The van der Waals surface area contributed by atoms with E-state index in [0.717, 1.165) is 17.9 Å². The third kappa shape index (κ3) is 3.42. The van der Waals surface area contributed by atoms with E-state index in [9.17, 15) is 0 Å². The molecule has 6 heteroatoms. The SMILES string of the molecule is C1=Cc2c(c3c4c5ccccc5n(C5N=C(c6ccccc6)N6C(c7ccccc7)[N@]56)c4c4ccccc4c3n2-c2ccccc2)CN1. The number of fused-ring (bicyclic) bond motifs is 11. The summed E-state index contributed by atoms with van der Waals surface area (Å²) in [4.78, 5) is 5.54. The molecular formula is C42H30N6. The fraction of sp³-hybridized carbons (Fsp3) is 0.0714. The Kier molecular flexibility index (Phi) is 5.26. The minimum absolute atomic E-state index is 0.108. The number of amidine groups is 1. The number of hydrogen-bond acceptors (Lipinski definition) is 4. The number of aromatic nitrogens is 2. The second kappa shape index (κ2) is 9.70. The summed E-state index contributed by atoms with van der Waals surface area (Å²) in [5.74, 6) is 1.01. The highest BCUT2D eigenvalue weighted by molar-refractivity contribution is 6.32. The highest BCUT2D eigenvalue weighted by atomic mass is 15.9. The lowest BCUT2D eigenvalue weighted by molar-refractivity contribution is 0.269. The first-order valence-corrected chi connectivity index (χ1v) is 16.6. The van der Waals surface area contributed by atoms with E-state index in [-0.39, 0.29) is 12.5 Å². The van der Waals surface area contributed by atoms with Gasteiger partial charge in [0.25, 0.3) is 0 Å². The number of rotatable bonds is 4. The molecule has 1 saturated heterocycles. The van der Waals surface area contributed by atoms with Gasteiger partial charge in [0, 0.05) is 50.3 Å². The van der Waals surface area contributed by atoms with Crippen molar-refractivity contribution in [2.75, 3.05) is 0 Å². The van der Waals surface area contributed by atoms with Crippen LogP contribution in [0.1, 0.15) is 34.8 Å². The van der Waals surface area contributed by atoms with E-state index in [4.69, 9.17) is 4.99 Å². The molecule has 5 heterocycles. The van der Waals surface area contributed by atoms with E-state index < -0.39 is 0 Å². The number of hydrazine groups is 1. The number of aliphatic imine (C=N–C) groups is 1. The molecule has 0 aliphatic carbocycles. The van der Waals surface area contributed by atoms with Gasteiger partial charge in [0.2, 0.25) is 6.29 Å². The molecule has 3 atom stereocenters. The van der Waals surface area contributed by atoms with E-state index in [0.29, 0.717) is 0 Å². The summed E-state index contributed by atoms with van der Waals surface area (Å²) >= 11 is 0. The zero-order chi connectivity index (χ0) is 31.3. The molecule has 2 aromatic heterocycles. The maximum atomic E-state index is 5.54. The number of nitrogens with zero attached hydrogens (tertiary/aromatic N) is 5. The van der Waals surface area contributed by atoms with Gasteiger partial charge in [-0.15, -0.1) is 5.01 Å². The van der Waals surface area contributed by atoms with Crippen molar-refractivity contribution in [2.24, 2.45) is 4.99 Å². The normalized spacial score (nSPS) is 19.5. The van der Waals surface area contributed by atoms with Crippen LogP contribution < -0.4 is 5.32 Å². The third-order valence-electron chi connectivity index (χ3n) is 10.3. The molecule has 8 aromatic rings. The molecular weight excluding hydrogens is 589 g/mol. The highest BCUT2D eigenvalue weighted by Gasteiger charge is 2.58. The molecule has 3 aliphatic heterocycles. The van der Waals surface area contributed by atoms with Crippen LogP contribution in [0.2, 0.25) is 0 Å². The van der Waals surface area contributed by atoms with Crippen molar-refractivity contribution < 1.29 is 0 Å². The van der Waals surface area contributed by atoms with E-state index >= 15 is 0 Å². The molecule has 3 aliphatic rings. The van der Waals surface area contributed by atoms with Crippen molar-refractivity contribution in [3.8, 4) is 5.69 Å². The van der Waals surface area contributed by atoms with Gasteiger partial charge < -0.3 is 14.5 Å². The zero-order valence-electron chi connectivity index (χ0n) is 26.0. The first-order valence-electron chi connectivity index (χ1n) is 16.6. The summed E-state index contributed by atoms with van der Waals surface area (Å²) in [7, 11) is 0. The second-order valence-corrected chi connectivity index (χ2v) is 12.8. The predicted molar refractivity (Wildman–Crippen MR) is 195 cm³/mol. The molecule has 1 fully saturated rings.